The summed E-state index contributed by atoms with van der Waals surface area (Å²) in [4.78, 5) is 14.4. The zero-order valence-electron chi connectivity index (χ0n) is 14.8. The van der Waals surface area contributed by atoms with Gasteiger partial charge in [-0.1, -0.05) is 23.7 Å². The molecule has 2 amide bonds. The SMILES string of the molecule is COCC(CNC(=O)N1CCOC2(CCC2)CC1)c1ccc(Cl)cc1. The molecule has 5 nitrogen and oxygen atoms in total. The highest BCUT2D eigenvalue weighted by Crippen LogP contribution is 2.39. The Bertz CT molecular complexity index is 575. The number of rotatable bonds is 5. The Balaban J connectivity index is 1.53. The van der Waals surface area contributed by atoms with E-state index >= 15 is 0 Å². The van der Waals surface area contributed by atoms with Crippen LogP contribution in [-0.2, 0) is 9.47 Å². The Kier molecular flexibility index (Phi) is 6.20. The van der Waals surface area contributed by atoms with E-state index in [0.717, 1.165) is 31.4 Å². The Hall–Kier alpha value is -1.30. The lowest BCUT2D eigenvalue weighted by molar-refractivity contribution is -0.0929. The Morgan fingerprint density at radius 2 is 2.08 bits per heavy atom. The fourth-order valence-electron chi connectivity index (χ4n) is 3.60. The Morgan fingerprint density at radius 1 is 1.32 bits per heavy atom. The smallest absolute Gasteiger partial charge is 0.317 e. The highest BCUT2D eigenvalue weighted by atomic mass is 35.5. The second-order valence-electron chi connectivity index (χ2n) is 7.01. The van der Waals surface area contributed by atoms with Gasteiger partial charge in [0.15, 0.2) is 0 Å². The molecule has 1 aliphatic heterocycles. The summed E-state index contributed by atoms with van der Waals surface area (Å²) in [7, 11) is 1.68. The van der Waals surface area contributed by atoms with Crippen molar-refractivity contribution in [3.63, 3.8) is 0 Å². The van der Waals surface area contributed by atoms with Crippen LogP contribution in [0.5, 0.6) is 0 Å². The van der Waals surface area contributed by atoms with Crippen LogP contribution in [0.1, 0.15) is 37.2 Å². The molecule has 1 aromatic rings. The average Bonchev–Trinajstić information content (AvgIpc) is 2.82. The van der Waals surface area contributed by atoms with Crippen LogP contribution in [0.2, 0.25) is 5.02 Å². The normalized spacial score (nSPS) is 20.6. The first-order valence-corrected chi connectivity index (χ1v) is 9.41. The van der Waals surface area contributed by atoms with Gasteiger partial charge in [-0.25, -0.2) is 4.79 Å². The van der Waals surface area contributed by atoms with E-state index in [4.69, 9.17) is 21.1 Å². The molecule has 3 rings (SSSR count). The van der Waals surface area contributed by atoms with E-state index in [1.54, 1.807) is 7.11 Å². The lowest BCUT2D eigenvalue weighted by atomic mass is 9.77. The average molecular weight is 367 g/mol. The molecule has 0 bridgehead atoms. The minimum Gasteiger partial charge on any atom is -0.384 e. The molecule has 1 aromatic carbocycles. The number of hydrogen-bond donors (Lipinski definition) is 1. The van der Waals surface area contributed by atoms with Gasteiger partial charge in [-0.15, -0.1) is 0 Å². The molecular formula is C19H27ClN2O3. The van der Waals surface area contributed by atoms with Crippen molar-refractivity contribution in [3.8, 4) is 0 Å². The summed E-state index contributed by atoms with van der Waals surface area (Å²) in [5, 5.41) is 3.77. The largest absolute Gasteiger partial charge is 0.384 e. The molecular weight excluding hydrogens is 340 g/mol. The number of nitrogens with zero attached hydrogens (tertiary/aromatic N) is 1. The van der Waals surface area contributed by atoms with Crippen molar-refractivity contribution in [3.05, 3.63) is 34.9 Å². The van der Waals surface area contributed by atoms with Crippen LogP contribution in [0.15, 0.2) is 24.3 Å². The molecule has 0 aromatic heterocycles. The number of halogens is 1. The predicted octanol–water partition coefficient (Wildman–Crippen LogP) is 3.42. The molecule has 1 heterocycles. The Labute approximate surface area is 154 Å². The molecule has 1 unspecified atom stereocenters. The molecule has 1 N–H and O–H groups in total. The van der Waals surface area contributed by atoms with Crippen LogP contribution < -0.4 is 5.32 Å². The van der Waals surface area contributed by atoms with Crippen LogP contribution >= 0.6 is 11.6 Å². The van der Waals surface area contributed by atoms with Gasteiger partial charge >= 0.3 is 6.03 Å². The predicted molar refractivity (Wildman–Crippen MR) is 98.2 cm³/mol. The summed E-state index contributed by atoms with van der Waals surface area (Å²) in [6.07, 6.45) is 4.45. The molecule has 0 radical (unpaired) electrons. The minimum atomic E-state index is -0.0185. The number of carbonyl (C=O) groups is 1. The standard InChI is InChI=1S/C19H27ClN2O3/c1-24-14-16(15-3-5-17(20)6-4-15)13-21-18(23)22-10-9-19(7-2-8-19)25-12-11-22/h3-6,16H,2,7-14H2,1H3,(H,21,23). The van der Waals surface area contributed by atoms with Gasteiger partial charge in [-0.05, 0) is 43.4 Å². The number of carbonyl (C=O) groups excluding carboxylic acids is 1. The fraction of sp³-hybridized carbons (Fsp3) is 0.632. The van der Waals surface area contributed by atoms with E-state index < -0.39 is 0 Å². The highest BCUT2D eigenvalue weighted by Gasteiger charge is 2.40. The minimum absolute atomic E-state index is 0.0185. The maximum absolute atomic E-state index is 12.6. The monoisotopic (exact) mass is 366 g/mol. The molecule has 138 valence electrons. The third kappa shape index (κ3) is 4.66. The van der Waals surface area contributed by atoms with Gasteiger partial charge in [-0.2, -0.15) is 0 Å². The van der Waals surface area contributed by atoms with Crippen molar-refractivity contribution in [1.29, 1.82) is 0 Å². The number of benzene rings is 1. The maximum Gasteiger partial charge on any atom is 0.317 e. The van der Waals surface area contributed by atoms with Crippen LogP contribution in [0.3, 0.4) is 0 Å². The van der Waals surface area contributed by atoms with Crippen LogP contribution in [-0.4, -0.2) is 56.5 Å². The zero-order valence-corrected chi connectivity index (χ0v) is 15.6. The van der Waals surface area contributed by atoms with E-state index in [-0.39, 0.29) is 17.6 Å². The number of hydrogen-bond acceptors (Lipinski definition) is 3. The van der Waals surface area contributed by atoms with E-state index in [1.165, 1.54) is 6.42 Å². The third-order valence-corrected chi connectivity index (χ3v) is 5.62. The van der Waals surface area contributed by atoms with Crippen molar-refractivity contribution >= 4 is 17.6 Å². The van der Waals surface area contributed by atoms with Crippen molar-refractivity contribution < 1.29 is 14.3 Å². The molecule has 1 spiro atoms. The second-order valence-corrected chi connectivity index (χ2v) is 7.45. The van der Waals surface area contributed by atoms with E-state index in [2.05, 4.69) is 5.32 Å². The summed E-state index contributed by atoms with van der Waals surface area (Å²) in [6, 6.07) is 7.68. The van der Waals surface area contributed by atoms with E-state index in [9.17, 15) is 4.79 Å². The molecule has 25 heavy (non-hydrogen) atoms. The third-order valence-electron chi connectivity index (χ3n) is 5.37. The fourth-order valence-corrected chi connectivity index (χ4v) is 3.72. The van der Waals surface area contributed by atoms with E-state index in [0.29, 0.717) is 31.3 Å². The highest BCUT2D eigenvalue weighted by molar-refractivity contribution is 6.30. The molecule has 1 saturated carbocycles. The summed E-state index contributed by atoms with van der Waals surface area (Å²) in [5.41, 5.74) is 1.16. The summed E-state index contributed by atoms with van der Waals surface area (Å²) in [5.74, 6) is 0.104. The number of ether oxygens (including phenoxy) is 2. The van der Waals surface area contributed by atoms with Gasteiger partial charge in [0, 0.05) is 37.7 Å². The molecule has 1 atom stereocenters. The first-order chi connectivity index (χ1) is 12.1. The van der Waals surface area contributed by atoms with Gasteiger partial charge in [0.2, 0.25) is 0 Å². The second kappa shape index (κ2) is 8.39. The summed E-state index contributed by atoms with van der Waals surface area (Å²) in [6.45, 7) is 3.14. The van der Waals surface area contributed by atoms with Crippen LogP contribution in [0, 0.1) is 0 Å². The van der Waals surface area contributed by atoms with Crippen molar-refractivity contribution in [2.45, 2.75) is 37.2 Å². The van der Waals surface area contributed by atoms with Crippen LogP contribution in [0.25, 0.3) is 0 Å². The molecule has 2 aliphatic rings. The van der Waals surface area contributed by atoms with Crippen LogP contribution in [0.4, 0.5) is 4.79 Å². The van der Waals surface area contributed by atoms with Crippen molar-refractivity contribution in [2.75, 3.05) is 40.0 Å². The van der Waals surface area contributed by atoms with E-state index in [1.807, 2.05) is 29.2 Å². The van der Waals surface area contributed by atoms with Crippen molar-refractivity contribution in [2.24, 2.45) is 0 Å². The van der Waals surface area contributed by atoms with Gasteiger partial charge in [0.25, 0.3) is 0 Å². The lowest BCUT2D eigenvalue weighted by Crippen LogP contribution is -2.44. The summed E-state index contributed by atoms with van der Waals surface area (Å²) < 4.78 is 11.3. The number of urea groups is 1. The van der Waals surface area contributed by atoms with Gasteiger partial charge in [0.05, 0.1) is 18.8 Å². The first-order valence-electron chi connectivity index (χ1n) is 9.03. The zero-order chi connectivity index (χ0) is 17.7. The maximum atomic E-state index is 12.6. The number of amides is 2. The molecule has 1 saturated heterocycles. The number of nitrogens with one attached hydrogen (secondary N) is 1. The summed E-state index contributed by atoms with van der Waals surface area (Å²) >= 11 is 5.96. The molecule has 6 heteroatoms. The molecule has 2 fully saturated rings. The number of methoxy groups -OCH3 is 1. The quantitative estimate of drug-likeness (QED) is 0.868. The molecule has 1 aliphatic carbocycles. The van der Waals surface area contributed by atoms with Gasteiger partial charge in [-0.3, -0.25) is 0 Å². The van der Waals surface area contributed by atoms with Crippen molar-refractivity contribution in [1.82, 2.24) is 10.2 Å². The van der Waals surface area contributed by atoms with Gasteiger partial charge in [0.1, 0.15) is 0 Å². The lowest BCUT2D eigenvalue weighted by Gasteiger charge is -2.40. The first kappa shape index (κ1) is 18.5. The Morgan fingerprint density at radius 3 is 2.72 bits per heavy atom. The van der Waals surface area contributed by atoms with Gasteiger partial charge < -0.3 is 19.7 Å². The topological polar surface area (TPSA) is 50.8 Å².